The van der Waals surface area contributed by atoms with Crippen LogP contribution in [0.15, 0.2) is 18.2 Å². The minimum absolute atomic E-state index is 0.0844. The summed E-state index contributed by atoms with van der Waals surface area (Å²) in [4.78, 5) is 0. The summed E-state index contributed by atoms with van der Waals surface area (Å²) in [6.07, 6.45) is 0. The van der Waals surface area contributed by atoms with Gasteiger partial charge in [0.2, 0.25) is 0 Å². The summed E-state index contributed by atoms with van der Waals surface area (Å²) in [6, 6.07) is 4.22. The fourth-order valence-corrected chi connectivity index (χ4v) is 1.08. The lowest BCUT2D eigenvalue weighted by Crippen LogP contribution is -2.27. The Morgan fingerprint density at radius 3 is 2.67 bits per heavy atom. The molecule has 0 amide bonds. The van der Waals surface area contributed by atoms with Crippen LogP contribution in [0.1, 0.15) is 13.8 Å². The Bertz CT molecular complexity index is 339. The van der Waals surface area contributed by atoms with Crippen LogP contribution in [0.3, 0.4) is 0 Å². The number of aliphatic hydroxyl groups excluding tert-OH is 1. The smallest absolute Gasteiger partial charge is 0.125 e. The number of anilines is 2. The summed E-state index contributed by atoms with van der Waals surface area (Å²) >= 11 is 0. The van der Waals surface area contributed by atoms with Crippen molar-refractivity contribution in [2.45, 2.75) is 13.8 Å². The first-order valence-corrected chi connectivity index (χ1v) is 4.84. The second kappa shape index (κ2) is 4.49. The van der Waals surface area contributed by atoms with E-state index in [0.29, 0.717) is 17.9 Å². The van der Waals surface area contributed by atoms with Gasteiger partial charge in [0.25, 0.3) is 0 Å². The van der Waals surface area contributed by atoms with Gasteiger partial charge in [-0.05, 0) is 18.2 Å². The van der Waals surface area contributed by atoms with Crippen molar-refractivity contribution in [1.29, 1.82) is 0 Å². The molecular weight excluding hydrogens is 195 g/mol. The molecule has 1 aromatic rings. The van der Waals surface area contributed by atoms with Crippen LogP contribution in [-0.4, -0.2) is 18.3 Å². The maximum absolute atomic E-state index is 12.7. The molecule has 0 aliphatic rings. The minimum Gasteiger partial charge on any atom is -0.397 e. The van der Waals surface area contributed by atoms with E-state index in [1.165, 1.54) is 12.1 Å². The zero-order valence-corrected chi connectivity index (χ0v) is 9.05. The summed E-state index contributed by atoms with van der Waals surface area (Å²) in [5.74, 6) is -0.348. The van der Waals surface area contributed by atoms with Gasteiger partial charge in [0, 0.05) is 18.6 Å². The van der Waals surface area contributed by atoms with E-state index >= 15 is 0 Å². The van der Waals surface area contributed by atoms with Crippen molar-refractivity contribution in [3.8, 4) is 0 Å². The largest absolute Gasteiger partial charge is 0.397 e. The Labute approximate surface area is 89.1 Å². The number of hydrogen-bond acceptors (Lipinski definition) is 3. The standard InChI is InChI=1S/C11H17FN2O/c1-11(2,7-15)6-14-10-4-3-8(12)5-9(10)13/h3-5,14-15H,6-7,13H2,1-2H3. The van der Waals surface area contributed by atoms with E-state index in [4.69, 9.17) is 10.8 Å². The van der Waals surface area contributed by atoms with Crippen LogP contribution in [0.5, 0.6) is 0 Å². The lowest BCUT2D eigenvalue weighted by atomic mass is 9.95. The molecule has 0 atom stereocenters. The average molecular weight is 212 g/mol. The lowest BCUT2D eigenvalue weighted by Gasteiger charge is -2.23. The van der Waals surface area contributed by atoms with E-state index in [1.807, 2.05) is 13.8 Å². The van der Waals surface area contributed by atoms with Gasteiger partial charge in [-0.2, -0.15) is 0 Å². The van der Waals surface area contributed by atoms with Crippen LogP contribution in [0.4, 0.5) is 15.8 Å². The molecule has 1 aromatic carbocycles. The number of nitrogens with one attached hydrogen (secondary N) is 1. The summed E-state index contributed by atoms with van der Waals surface area (Å²) in [5, 5.41) is 12.1. The van der Waals surface area contributed by atoms with Gasteiger partial charge >= 0.3 is 0 Å². The molecule has 0 heterocycles. The molecule has 0 fully saturated rings. The molecule has 0 bridgehead atoms. The number of halogens is 1. The predicted molar refractivity (Wildman–Crippen MR) is 60.2 cm³/mol. The maximum atomic E-state index is 12.7. The lowest BCUT2D eigenvalue weighted by molar-refractivity contribution is 0.171. The van der Waals surface area contributed by atoms with Crippen molar-refractivity contribution in [2.24, 2.45) is 5.41 Å². The number of hydrogen-bond donors (Lipinski definition) is 3. The Kier molecular flexibility index (Phi) is 3.52. The fourth-order valence-electron chi connectivity index (χ4n) is 1.08. The number of rotatable bonds is 4. The van der Waals surface area contributed by atoms with Gasteiger partial charge in [-0.3, -0.25) is 0 Å². The summed E-state index contributed by atoms with van der Waals surface area (Å²) in [6.45, 7) is 4.53. The van der Waals surface area contributed by atoms with E-state index in [2.05, 4.69) is 5.32 Å². The van der Waals surface area contributed by atoms with Crippen molar-refractivity contribution in [3.05, 3.63) is 24.0 Å². The number of nitrogens with two attached hydrogens (primary N) is 1. The summed E-state index contributed by atoms with van der Waals surface area (Å²) < 4.78 is 12.7. The molecule has 0 spiro atoms. The van der Waals surface area contributed by atoms with Crippen LogP contribution in [0.25, 0.3) is 0 Å². The third-order valence-electron chi connectivity index (χ3n) is 2.20. The van der Waals surface area contributed by atoms with E-state index in [9.17, 15) is 4.39 Å². The zero-order chi connectivity index (χ0) is 11.5. The molecule has 0 aliphatic carbocycles. The number of benzene rings is 1. The Hall–Kier alpha value is -1.29. The van der Waals surface area contributed by atoms with Gasteiger partial charge in [-0.1, -0.05) is 13.8 Å². The minimum atomic E-state index is -0.348. The average Bonchev–Trinajstić information content (AvgIpc) is 2.16. The molecule has 0 saturated carbocycles. The SMILES string of the molecule is CC(C)(CO)CNc1ccc(F)cc1N. The first-order valence-electron chi connectivity index (χ1n) is 4.84. The van der Waals surface area contributed by atoms with Gasteiger partial charge in [0.15, 0.2) is 0 Å². The molecule has 0 aromatic heterocycles. The Morgan fingerprint density at radius 2 is 2.13 bits per heavy atom. The number of aliphatic hydroxyl groups is 1. The van der Waals surface area contributed by atoms with Crippen molar-refractivity contribution in [1.82, 2.24) is 0 Å². The van der Waals surface area contributed by atoms with E-state index in [0.717, 1.165) is 0 Å². The predicted octanol–water partition coefficient (Wildman–Crippen LogP) is 1.84. The molecule has 1 rings (SSSR count). The molecule has 4 heteroatoms. The molecular formula is C11H17FN2O. The van der Waals surface area contributed by atoms with Gasteiger partial charge in [-0.15, -0.1) is 0 Å². The first-order chi connectivity index (χ1) is 6.94. The van der Waals surface area contributed by atoms with E-state index < -0.39 is 0 Å². The topological polar surface area (TPSA) is 58.3 Å². The van der Waals surface area contributed by atoms with E-state index in [-0.39, 0.29) is 17.8 Å². The van der Waals surface area contributed by atoms with Gasteiger partial charge in [-0.25, -0.2) is 4.39 Å². The number of nitrogen functional groups attached to an aromatic ring is 1. The van der Waals surface area contributed by atoms with Gasteiger partial charge in [0.1, 0.15) is 5.82 Å². The Balaban J connectivity index is 2.66. The highest BCUT2D eigenvalue weighted by atomic mass is 19.1. The van der Waals surface area contributed by atoms with Crippen LogP contribution in [0, 0.1) is 11.2 Å². The van der Waals surface area contributed by atoms with Gasteiger partial charge in [0.05, 0.1) is 11.4 Å². The third kappa shape index (κ3) is 3.40. The normalized spacial score (nSPS) is 11.5. The fraction of sp³-hybridized carbons (Fsp3) is 0.455. The summed E-state index contributed by atoms with van der Waals surface area (Å²) in [7, 11) is 0. The van der Waals surface area contributed by atoms with Crippen molar-refractivity contribution >= 4 is 11.4 Å². The van der Waals surface area contributed by atoms with Crippen molar-refractivity contribution in [3.63, 3.8) is 0 Å². The molecule has 15 heavy (non-hydrogen) atoms. The van der Waals surface area contributed by atoms with Crippen LogP contribution < -0.4 is 11.1 Å². The highest BCUT2D eigenvalue weighted by Crippen LogP contribution is 2.21. The quantitative estimate of drug-likeness (QED) is 0.667. The molecule has 0 aliphatic heterocycles. The highest BCUT2D eigenvalue weighted by molar-refractivity contribution is 5.65. The third-order valence-corrected chi connectivity index (χ3v) is 2.20. The molecule has 3 nitrogen and oxygen atoms in total. The second-order valence-corrected chi connectivity index (χ2v) is 4.41. The summed E-state index contributed by atoms with van der Waals surface area (Å²) in [5.41, 5.74) is 6.48. The molecule has 4 N–H and O–H groups in total. The first kappa shape index (κ1) is 11.8. The van der Waals surface area contributed by atoms with Crippen LogP contribution in [0.2, 0.25) is 0 Å². The van der Waals surface area contributed by atoms with Gasteiger partial charge < -0.3 is 16.2 Å². The molecule has 0 saturated heterocycles. The second-order valence-electron chi connectivity index (χ2n) is 4.41. The molecule has 0 unspecified atom stereocenters. The van der Waals surface area contributed by atoms with Crippen molar-refractivity contribution in [2.75, 3.05) is 24.2 Å². The van der Waals surface area contributed by atoms with E-state index in [1.54, 1.807) is 6.07 Å². The van der Waals surface area contributed by atoms with Crippen molar-refractivity contribution < 1.29 is 9.50 Å². The molecule has 84 valence electrons. The van der Waals surface area contributed by atoms with Crippen LogP contribution in [-0.2, 0) is 0 Å². The molecule has 0 radical (unpaired) electrons. The highest BCUT2D eigenvalue weighted by Gasteiger charge is 2.16. The monoisotopic (exact) mass is 212 g/mol. The zero-order valence-electron chi connectivity index (χ0n) is 9.05. The van der Waals surface area contributed by atoms with Crippen LogP contribution >= 0.6 is 0 Å². The maximum Gasteiger partial charge on any atom is 0.125 e. The Morgan fingerprint density at radius 1 is 1.47 bits per heavy atom.